The molecule has 0 unspecified atom stereocenters. The van der Waals surface area contributed by atoms with E-state index >= 15 is 0 Å². The Morgan fingerprint density at radius 1 is 1.14 bits per heavy atom. The van der Waals surface area contributed by atoms with Crippen LogP contribution in [-0.4, -0.2) is 0 Å². The Morgan fingerprint density at radius 3 is 2.43 bits per heavy atom. The van der Waals surface area contributed by atoms with Crippen LogP contribution in [0.3, 0.4) is 0 Å². The molecule has 2 heterocycles. The van der Waals surface area contributed by atoms with Gasteiger partial charge in [-0.15, -0.1) is 0 Å². The van der Waals surface area contributed by atoms with E-state index in [4.69, 9.17) is 4.42 Å². The maximum atomic E-state index is 5.80. The first kappa shape index (κ1) is 9.53. The predicted molar refractivity (Wildman–Crippen MR) is 60.7 cm³/mol. The maximum Gasteiger partial charge on any atom is 0.135 e. The van der Waals surface area contributed by atoms with Crippen molar-refractivity contribution in [1.82, 2.24) is 0 Å². The molecule has 0 radical (unpaired) electrons. The molecule has 0 bridgehead atoms. The number of hydrogen-bond acceptors (Lipinski definition) is 2. The maximum absolute atomic E-state index is 5.80. The Kier molecular flexibility index (Phi) is 2.23. The lowest BCUT2D eigenvalue weighted by Gasteiger charge is -2.13. The van der Waals surface area contributed by atoms with Gasteiger partial charge in [-0.3, -0.25) is 0 Å². The number of hydrogen-bond donors (Lipinski definition) is 0. The molecule has 0 aromatic carbocycles. The van der Waals surface area contributed by atoms with Gasteiger partial charge >= 0.3 is 0 Å². The highest BCUT2D eigenvalue weighted by atomic mass is 32.1. The van der Waals surface area contributed by atoms with Crippen LogP contribution in [0.5, 0.6) is 0 Å². The van der Waals surface area contributed by atoms with E-state index in [0.717, 1.165) is 11.5 Å². The van der Waals surface area contributed by atoms with E-state index in [1.54, 1.807) is 11.3 Å². The number of rotatable bonds is 1. The summed E-state index contributed by atoms with van der Waals surface area (Å²) in [4.78, 5) is 0. The summed E-state index contributed by atoms with van der Waals surface area (Å²) in [7, 11) is 0. The van der Waals surface area contributed by atoms with E-state index in [1.165, 1.54) is 5.56 Å². The summed E-state index contributed by atoms with van der Waals surface area (Å²) in [5, 5.41) is 4.17. The highest BCUT2D eigenvalue weighted by molar-refractivity contribution is 7.08. The van der Waals surface area contributed by atoms with Crippen LogP contribution < -0.4 is 0 Å². The monoisotopic (exact) mass is 206 g/mol. The van der Waals surface area contributed by atoms with Crippen molar-refractivity contribution < 1.29 is 4.42 Å². The first-order valence-electron chi connectivity index (χ1n) is 4.70. The standard InChI is InChI=1S/C12H14OS/c1-12(2,3)11-5-4-10(13-11)9-6-7-14-8-9/h4-8H,1-3H3. The van der Waals surface area contributed by atoms with Crippen LogP contribution >= 0.6 is 11.3 Å². The summed E-state index contributed by atoms with van der Waals surface area (Å²) in [5.41, 5.74) is 1.26. The minimum absolute atomic E-state index is 0.0915. The van der Waals surface area contributed by atoms with Gasteiger partial charge in [0.1, 0.15) is 11.5 Å². The Labute approximate surface area is 88.4 Å². The molecule has 0 N–H and O–H groups in total. The highest BCUT2D eigenvalue weighted by Crippen LogP contribution is 2.30. The van der Waals surface area contributed by atoms with Crippen molar-refractivity contribution in [3.8, 4) is 11.3 Å². The van der Waals surface area contributed by atoms with Crippen molar-refractivity contribution in [2.45, 2.75) is 26.2 Å². The van der Waals surface area contributed by atoms with Gasteiger partial charge in [-0.25, -0.2) is 0 Å². The fraction of sp³-hybridized carbons (Fsp3) is 0.333. The summed E-state index contributed by atoms with van der Waals surface area (Å²) in [6.07, 6.45) is 0. The number of furan rings is 1. The Hall–Kier alpha value is -1.02. The fourth-order valence-electron chi connectivity index (χ4n) is 1.30. The smallest absolute Gasteiger partial charge is 0.135 e. The third kappa shape index (κ3) is 1.75. The van der Waals surface area contributed by atoms with Gasteiger partial charge in [-0.2, -0.15) is 11.3 Å². The van der Waals surface area contributed by atoms with Crippen molar-refractivity contribution in [1.29, 1.82) is 0 Å². The zero-order valence-corrected chi connectivity index (χ0v) is 9.52. The van der Waals surface area contributed by atoms with Gasteiger partial charge in [0.15, 0.2) is 0 Å². The zero-order chi connectivity index (χ0) is 10.2. The Bertz CT molecular complexity index is 404. The van der Waals surface area contributed by atoms with Crippen LogP contribution in [-0.2, 0) is 5.41 Å². The predicted octanol–water partition coefficient (Wildman–Crippen LogP) is 4.31. The molecule has 2 heteroatoms. The lowest BCUT2D eigenvalue weighted by molar-refractivity contribution is 0.417. The van der Waals surface area contributed by atoms with Gasteiger partial charge in [0.2, 0.25) is 0 Å². The first-order chi connectivity index (χ1) is 6.57. The van der Waals surface area contributed by atoms with Crippen LogP contribution in [0, 0.1) is 0 Å². The summed E-state index contributed by atoms with van der Waals surface area (Å²) in [6, 6.07) is 6.19. The van der Waals surface area contributed by atoms with Crippen LogP contribution in [0.15, 0.2) is 33.4 Å². The van der Waals surface area contributed by atoms with E-state index in [1.807, 2.05) is 6.07 Å². The third-order valence-electron chi connectivity index (χ3n) is 2.15. The van der Waals surface area contributed by atoms with E-state index in [9.17, 15) is 0 Å². The lowest BCUT2D eigenvalue weighted by Crippen LogP contribution is -2.08. The average molecular weight is 206 g/mol. The van der Waals surface area contributed by atoms with Crippen LogP contribution in [0.2, 0.25) is 0 Å². The number of thiophene rings is 1. The molecule has 0 saturated heterocycles. The average Bonchev–Trinajstić information content (AvgIpc) is 2.73. The molecule has 2 aromatic rings. The van der Waals surface area contributed by atoms with Crippen molar-refractivity contribution in [3.05, 3.63) is 34.7 Å². The normalized spacial score (nSPS) is 11.9. The Morgan fingerprint density at radius 2 is 1.93 bits per heavy atom. The second-order valence-corrected chi connectivity index (χ2v) is 5.21. The van der Waals surface area contributed by atoms with Gasteiger partial charge in [0, 0.05) is 16.4 Å². The molecule has 2 rings (SSSR count). The molecular weight excluding hydrogens is 192 g/mol. The minimum atomic E-state index is 0.0915. The molecule has 1 nitrogen and oxygen atoms in total. The molecule has 0 amide bonds. The summed E-state index contributed by atoms with van der Waals surface area (Å²) in [5.74, 6) is 2.01. The largest absolute Gasteiger partial charge is 0.461 e. The molecule has 0 aliphatic heterocycles. The van der Waals surface area contributed by atoms with E-state index in [2.05, 4.69) is 43.7 Å². The lowest BCUT2D eigenvalue weighted by atomic mass is 9.94. The molecule has 2 aromatic heterocycles. The van der Waals surface area contributed by atoms with Crippen molar-refractivity contribution >= 4 is 11.3 Å². The summed E-state index contributed by atoms with van der Waals surface area (Å²) < 4.78 is 5.80. The molecule has 0 aliphatic carbocycles. The van der Waals surface area contributed by atoms with Crippen LogP contribution in [0.25, 0.3) is 11.3 Å². The molecule has 0 aliphatic rings. The Balaban J connectivity index is 2.36. The first-order valence-corrected chi connectivity index (χ1v) is 5.64. The summed E-state index contributed by atoms with van der Waals surface area (Å²) in [6.45, 7) is 6.47. The van der Waals surface area contributed by atoms with Gasteiger partial charge in [0.05, 0.1) is 0 Å². The second-order valence-electron chi connectivity index (χ2n) is 4.43. The van der Waals surface area contributed by atoms with Gasteiger partial charge in [-0.05, 0) is 23.6 Å². The van der Waals surface area contributed by atoms with E-state index in [0.29, 0.717) is 0 Å². The van der Waals surface area contributed by atoms with Crippen molar-refractivity contribution in [3.63, 3.8) is 0 Å². The SMILES string of the molecule is CC(C)(C)c1ccc(-c2ccsc2)o1. The van der Waals surface area contributed by atoms with Crippen LogP contribution in [0.4, 0.5) is 0 Å². The summed E-state index contributed by atoms with van der Waals surface area (Å²) >= 11 is 1.69. The molecule has 0 fully saturated rings. The second kappa shape index (κ2) is 3.28. The zero-order valence-electron chi connectivity index (χ0n) is 8.70. The molecule has 14 heavy (non-hydrogen) atoms. The molecule has 0 atom stereocenters. The molecular formula is C12H14OS. The van der Waals surface area contributed by atoms with Gasteiger partial charge < -0.3 is 4.42 Å². The highest BCUT2D eigenvalue weighted by Gasteiger charge is 2.18. The van der Waals surface area contributed by atoms with Gasteiger partial charge in [-0.1, -0.05) is 20.8 Å². The topological polar surface area (TPSA) is 13.1 Å². The third-order valence-corrected chi connectivity index (χ3v) is 2.83. The molecule has 0 saturated carbocycles. The van der Waals surface area contributed by atoms with Crippen molar-refractivity contribution in [2.75, 3.05) is 0 Å². The minimum Gasteiger partial charge on any atom is -0.461 e. The van der Waals surface area contributed by atoms with Crippen molar-refractivity contribution in [2.24, 2.45) is 0 Å². The van der Waals surface area contributed by atoms with E-state index in [-0.39, 0.29) is 5.41 Å². The van der Waals surface area contributed by atoms with Gasteiger partial charge in [0.25, 0.3) is 0 Å². The fourth-order valence-corrected chi connectivity index (χ4v) is 1.95. The molecule has 74 valence electrons. The quantitative estimate of drug-likeness (QED) is 0.677. The molecule has 0 spiro atoms. The van der Waals surface area contributed by atoms with Crippen LogP contribution in [0.1, 0.15) is 26.5 Å². The van der Waals surface area contributed by atoms with E-state index < -0.39 is 0 Å².